The Kier molecular flexibility index (Phi) is 3.65. The predicted molar refractivity (Wildman–Crippen MR) is 85.9 cm³/mol. The largest absolute Gasteiger partial charge is 0.486 e. The minimum Gasteiger partial charge on any atom is -0.486 e. The number of hydrogen-bond donors (Lipinski definition) is 0. The zero-order chi connectivity index (χ0) is 16.5. The molecular formula is C18H17NO5. The van der Waals surface area contributed by atoms with Crippen molar-refractivity contribution in [1.82, 2.24) is 4.90 Å². The number of hydrogen-bond acceptors (Lipinski definition) is 5. The molecule has 0 fully saturated rings. The van der Waals surface area contributed by atoms with Crippen molar-refractivity contribution in [2.45, 2.75) is 6.10 Å². The third-order valence-electron chi connectivity index (χ3n) is 4.01. The van der Waals surface area contributed by atoms with Crippen LogP contribution in [0.15, 0.2) is 42.5 Å². The number of rotatable bonds is 3. The number of ether oxygens (including phenoxy) is 4. The van der Waals surface area contributed by atoms with E-state index in [4.69, 9.17) is 18.9 Å². The lowest BCUT2D eigenvalue weighted by atomic mass is 10.1. The van der Waals surface area contributed by atoms with Crippen molar-refractivity contribution in [3.05, 3.63) is 48.0 Å². The lowest BCUT2D eigenvalue weighted by Crippen LogP contribution is -2.41. The van der Waals surface area contributed by atoms with E-state index in [0.29, 0.717) is 36.0 Å². The van der Waals surface area contributed by atoms with Gasteiger partial charge >= 0.3 is 0 Å². The summed E-state index contributed by atoms with van der Waals surface area (Å²) in [5.41, 5.74) is 0.555. The van der Waals surface area contributed by atoms with E-state index >= 15 is 0 Å². The second kappa shape index (κ2) is 5.96. The van der Waals surface area contributed by atoms with Gasteiger partial charge in [0.2, 0.25) is 6.79 Å². The highest BCUT2D eigenvalue weighted by Gasteiger charge is 2.25. The van der Waals surface area contributed by atoms with Crippen LogP contribution in [0.2, 0.25) is 0 Å². The Balaban J connectivity index is 1.43. The molecule has 2 aliphatic rings. The first-order chi connectivity index (χ1) is 11.7. The van der Waals surface area contributed by atoms with E-state index in [1.54, 1.807) is 30.1 Å². The Morgan fingerprint density at radius 2 is 1.79 bits per heavy atom. The van der Waals surface area contributed by atoms with Crippen LogP contribution in [-0.2, 0) is 0 Å². The van der Waals surface area contributed by atoms with Crippen LogP contribution in [0.3, 0.4) is 0 Å². The van der Waals surface area contributed by atoms with Crippen molar-refractivity contribution in [3.8, 4) is 23.0 Å². The van der Waals surface area contributed by atoms with Gasteiger partial charge in [-0.25, -0.2) is 0 Å². The molecule has 2 aromatic rings. The number of fused-ring (bicyclic) bond motifs is 2. The van der Waals surface area contributed by atoms with E-state index in [-0.39, 0.29) is 18.8 Å². The van der Waals surface area contributed by atoms with E-state index < -0.39 is 0 Å². The molecule has 6 heteroatoms. The van der Waals surface area contributed by atoms with Gasteiger partial charge in [-0.1, -0.05) is 12.1 Å². The molecule has 0 aromatic heterocycles. The molecule has 0 radical (unpaired) electrons. The van der Waals surface area contributed by atoms with Crippen LogP contribution in [0.25, 0.3) is 0 Å². The standard InChI is InChI=1S/C18H17NO5/c1-19(9-13-10-21-14-4-2-3-5-16(14)24-13)18(20)12-6-7-15-17(8-12)23-11-22-15/h2-8,13H,9-11H2,1H3. The molecular weight excluding hydrogens is 310 g/mol. The molecule has 0 bridgehead atoms. The minimum absolute atomic E-state index is 0.101. The molecule has 0 aliphatic carbocycles. The summed E-state index contributed by atoms with van der Waals surface area (Å²) in [6.07, 6.45) is -0.206. The van der Waals surface area contributed by atoms with Gasteiger partial charge in [0.05, 0.1) is 6.54 Å². The first-order valence-electron chi connectivity index (χ1n) is 7.74. The van der Waals surface area contributed by atoms with Crippen LogP contribution in [0.1, 0.15) is 10.4 Å². The second-order valence-electron chi connectivity index (χ2n) is 5.75. The topological polar surface area (TPSA) is 57.2 Å². The van der Waals surface area contributed by atoms with Crippen molar-refractivity contribution in [3.63, 3.8) is 0 Å². The molecule has 1 atom stereocenters. The van der Waals surface area contributed by atoms with Crippen LogP contribution in [0.4, 0.5) is 0 Å². The molecule has 4 rings (SSSR count). The van der Waals surface area contributed by atoms with Gasteiger partial charge in [0.15, 0.2) is 29.1 Å². The summed E-state index contributed by atoms with van der Waals surface area (Å²) in [6.45, 7) is 1.03. The zero-order valence-electron chi connectivity index (χ0n) is 13.2. The molecule has 2 heterocycles. The van der Waals surface area contributed by atoms with Gasteiger partial charge < -0.3 is 23.8 Å². The maximum Gasteiger partial charge on any atom is 0.253 e. The SMILES string of the molecule is CN(CC1COc2ccccc2O1)C(=O)c1ccc2c(c1)OCO2. The first kappa shape index (κ1) is 14.7. The fraction of sp³-hybridized carbons (Fsp3) is 0.278. The smallest absolute Gasteiger partial charge is 0.253 e. The molecule has 124 valence electrons. The summed E-state index contributed by atoms with van der Waals surface area (Å²) >= 11 is 0. The summed E-state index contributed by atoms with van der Waals surface area (Å²) in [6, 6.07) is 12.7. The van der Waals surface area contributed by atoms with Crippen LogP contribution in [0, 0.1) is 0 Å². The van der Waals surface area contributed by atoms with Crippen LogP contribution >= 0.6 is 0 Å². The van der Waals surface area contributed by atoms with E-state index in [9.17, 15) is 4.79 Å². The Morgan fingerprint density at radius 3 is 2.67 bits per heavy atom. The molecule has 0 saturated carbocycles. The van der Waals surface area contributed by atoms with Gasteiger partial charge in [-0.3, -0.25) is 4.79 Å². The Bertz CT molecular complexity index is 776. The lowest BCUT2D eigenvalue weighted by molar-refractivity contribution is 0.0521. The number of amides is 1. The summed E-state index contributed by atoms with van der Waals surface area (Å²) < 4.78 is 22.2. The molecule has 0 saturated heterocycles. The average molecular weight is 327 g/mol. The lowest BCUT2D eigenvalue weighted by Gasteiger charge is -2.29. The second-order valence-corrected chi connectivity index (χ2v) is 5.75. The molecule has 24 heavy (non-hydrogen) atoms. The number of benzene rings is 2. The number of nitrogens with zero attached hydrogens (tertiary/aromatic N) is 1. The minimum atomic E-state index is -0.206. The van der Waals surface area contributed by atoms with Crippen LogP contribution in [-0.4, -0.2) is 43.9 Å². The fourth-order valence-electron chi connectivity index (χ4n) is 2.79. The summed E-state index contributed by atoms with van der Waals surface area (Å²) in [5, 5.41) is 0. The molecule has 2 aliphatic heterocycles. The highest BCUT2D eigenvalue weighted by atomic mass is 16.7. The van der Waals surface area contributed by atoms with Crippen molar-refractivity contribution < 1.29 is 23.7 Å². The van der Waals surface area contributed by atoms with Gasteiger partial charge in [0.25, 0.3) is 5.91 Å². The Hall–Kier alpha value is -2.89. The zero-order valence-corrected chi connectivity index (χ0v) is 13.2. The molecule has 1 amide bonds. The Labute approximate surface area is 139 Å². The van der Waals surface area contributed by atoms with Gasteiger partial charge in [0, 0.05) is 12.6 Å². The molecule has 6 nitrogen and oxygen atoms in total. The van der Waals surface area contributed by atoms with Gasteiger partial charge in [-0.2, -0.15) is 0 Å². The molecule has 1 unspecified atom stereocenters. The maximum absolute atomic E-state index is 12.6. The first-order valence-corrected chi connectivity index (χ1v) is 7.74. The summed E-state index contributed by atoms with van der Waals surface area (Å²) in [7, 11) is 1.75. The van der Waals surface area contributed by atoms with E-state index in [1.165, 1.54) is 0 Å². The van der Waals surface area contributed by atoms with Crippen molar-refractivity contribution in [2.24, 2.45) is 0 Å². The highest BCUT2D eigenvalue weighted by molar-refractivity contribution is 5.94. The third kappa shape index (κ3) is 2.71. The van der Waals surface area contributed by atoms with Crippen LogP contribution < -0.4 is 18.9 Å². The van der Waals surface area contributed by atoms with Crippen LogP contribution in [0.5, 0.6) is 23.0 Å². The predicted octanol–water partition coefficient (Wildman–Crippen LogP) is 2.33. The summed E-state index contributed by atoms with van der Waals surface area (Å²) in [5.74, 6) is 2.60. The van der Waals surface area contributed by atoms with Crippen molar-refractivity contribution in [2.75, 3.05) is 27.0 Å². The van der Waals surface area contributed by atoms with Gasteiger partial charge in [0.1, 0.15) is 6.61 Å². The molecule has 2 aromatic carbocycles. The van der Waals surface area contributed by atoms with E-state index in [2.05, 4.69) is 0 Å². The Morgan fingerprint density at radius 1 is 1.04 bits per heavy atom. The average Bonchev–Trinajstić information content (AvgIpc) is 3.08. The number of para-hydroxylation sites is 2. The van der Waals surface area contributed by atoms with E-state index in [0.717, 1.165) is 5.75 Å². The fourth-order valence-corrected chi connectivity index (χ4v) is 2.79. The maximum atomic E-state index is 12.6. The number of carbonyl (C=O) groups excluding carboxylic acids is 1. The highest BCUT2D eigenvalue weighted by Crippen LogP contribution is 2.33. The molecule has 0 spiro atoms. The normalized spacial score (nSPS) is 17.5. The number of likely N-dealkylation sites (N-methyl/N-ethyl adjacent to an activating group) is 1. The monoisotopic (exact) mass is 327 g/mol. The number of carbonyl (C=O) groups is 1. The quantitative estimate of drug-likeness (QED) is 0.866. The summed E-state index contributed by atoms with van der Waals surface area (Å²) in [4.78, 5) is 14.2. The van der Waals surface area contributed by atoms with Crippen molar-refractivity contribution >= 4 is 5.91 Å². The molecule has 0 N–H and O–H groups in total. The van der Waals surface area contributed by atoms with Crippen molar-refractivity contribution in [1.29, 1.82) is 0 Å². The van der Waals surface area contributed by atoms with Gasteiger partial charge in [-0.05, 0) is 30.3 Å². The third-order valence-corrected chi connectivity index (χ3v) is 4.01. The van der Waals surface area contributed by atoms with E-state index in [1.807, 2.05) is 24.3 Å². The van der Waals surface area contributed by atoms with Gasteiger partial charge in [-0.15, -0.1) is 0 Å².